The van der Waals surface area contributed by atoms with Crippen molar-refractivity contribution in [1.82, 2.24) is 4.98 Å². The number of rotatable bonds is 2. The van der Waals surface area contributed by atoms with E-state index < -0.39 is 5.82 Å². The zero-order valence-electron chi connectivity index (χ0n) is 10.8. The van der Waals surface area contributed by atoms with Crippen LogP contribution in [0.2, 0.25) is 0 Å². The average molecular weight is 345 g/mol. The van der Waals surface area contributed by atoms with E-state index in [4.69, 9.17) is 0 Å². The number of fused-ring (bicyclic) bond motifs is 1. The number of carbonyl (C=O) groups excluding carboxylic acids is 1. The van der Waals surface area contributed by atoms with Gasteiger partial charge in [-0.3, -0.25) is 9.78 Å². The fraction of sp³-hybridized carbons (Fsp3) is 0. The molecule has 3 aromatic rings. The molecule has 0 spiro atoms. The van der Waals surface area contributed by atoms with Crippen molar-refractivity contribution < 1.29 is 9.18 Å². The molecule has 2 aromatic carbocycles. The number of nitrogens with zero attached hydrogens (tertiary/aromatic N) is 1. The van der Waals surface area contributed by atoms with Crippen LogP contribution in [0.15, 0.2) is 59.3 Å². The molecule has 3 nitrogen and oxygen atoms in total. The van der Waals surface area contributed by atoms with Gasteiger partial charge in [-0.25, -0.2) is 4.39 Å². The minimum absolute atomic E-state index is 0.261. The lowest BCUT2D eigenvalue weighted by molar-refractivity contribution is 0.102. The second kappa shape index (κ2) is 5.61. The van der Waals surface area contributed by atoms with Crippen molar-refractivity contribution in [3.63, 3.8) is 0 Å². The van der Waals surface area contributed by atoms with Gasteiger partial charge in [0, 0.05) is 34.4 Å². The van der Waals surface area contributed by atoms with Gasteiger partial charge in [0.25, 0.3) is 5.91 Å². The zero-order valence-corrected chi connectivity index (χ0v) is 12.4. The quantitative estimate of drug-likeness (QED) is 0.749. The van der Waals surface area contributed by atoms with E-state index in [1.807, 2.05) is 24.3 Å². The van der Waals surface area contributed by atoms with Crippen molar-refractivity contribution in [3.8, 4) is 0 Å². The van der Waals surface area contributed by atoms with Gasteiger partial charge in [0.05, 0.1) is 4.47 Å². The van der Waals surface area contributed by atoms with E-state index in [2.05, 4.69) is 26.2 Å². The van der Waals surface area contributed by atoms with Crippen LogP contribution in [0.25, 0.3) is 10.8 Å². The van der Waals surface area contributed by atoms with Crippen molar-refractivity contribution in [2.24, 2.45) is 0 Å². The zero-order chi connectivity index (χ0) is 14.8. The maximum absolute atomic E-state index is 13.2. The highest BCUT2D eigenvalue weighted by Gasteiger charge is 2.10. The van der Waals surface area contributed by atoms with E-state index in [0.717, 1.165) is 10.8 Å². The summed E-state index contributed by atoms with van der Waals surface area (Å²) in [6.45, 7) is 0. The summed E-state index contributed by atoms with van der Waals surface area (Å²) in [5.41, 5.74) is 1.08. The normalized spacial score (nSPS) is 10.6. The molecule has 0 aliphatic rings. The topological polar surface area (TPSA) is 42.0 Å². The summed E-state index contributed by atoms with van der Waals surface area (Å²) in [5.74, 6) is -0.692. The lowest BCUT2D eigenvalue weighted by Gasteiger charge is -2.09. The van der Waals surface area contributed by atoms with E-state index in [-0.39, 0.29) is 10.4 Å². The van der Waals surface area contributed by atoms with Crippen LogP contribution < -0.4 is 5.32 Å². The number of hydrogen-bond donors (Lipinski definition) is 1. The molecule has 0 aliphatic carbocycles. The van der Waals surface area contributed by atoms with Gasteiger partial charge in [0.15, 0.2) is 0 Å². The average Bonchev–Trinajstić information content (AvgIpc) is 2.50. The Hall–Kier alpha value is -2.27. The van der Waals surface area contributed by atoms with Gasteiger partial charge in [0.1, 0.15) is 5.82 Å². The van der Waals surface area contributed by atoms with Crippen molar-refractivity contribution in [1.29, 1.82) is 0 Å². The third-order valence-corrected chi connectivity index (χ3v) is 3.72. The Morgan fingerprint density at radius 1 is 1.19 bits per heavy atom. The molecule has 3 rings (SSSR count). The second-order valence-electron chi connectivity index (χ2n) is 4.49. The molecular formula is C16H10BrFN2O. The van der Waals surface area contributed by atoms with E-state index in [1.54, 1.807) is 12.4 Å². The molecule has 0 radical (unpaired) electrons. The summed E-state index contributed by atoms with van der Waals surface area (Å²) in [6, 6.07) is 11.6. The van der Waals surface area contributed by atoms with Crippen molar-refractivity contribution >= 4 is 38.3 Å². The number of halogens is 2. The lowest BCUT2D eigenvalue weighted by atomic mass is 10.1. The number of amides is 1. The molecular weight excluding hydrogens is 335 g/mol. The summed E-state index contributed by atoms with van der Waals surface area (Å²) >= 11 is 3.08. The first-order valence-electron chi connectivity index (χ1n) is 6.24. The van der Waals surface area contributed by atoms with E-state index in [1.165, 1.54) is 18.2 Å². The molecule has 1 N–H and O–H groups in total. The van der Waals surface area contributed by atoms with Gasteiger partial charge >= 0.3 is 0 Å². The number of carbonyl (C=O) groups is 1. The van der Waals surface area contributed by atoms with Crippen LogP contribution in [-0.4, -0.2) is 10.9 Å². The molecule has 21 heavy (non-hydrogen) atoms. The van der Waals surface area contributed by atoms with Crippen LogP contribution in [0, 0.1) is 5.82 Å². The number of pyridine rings is 1. The highest BCUT2D eigenvalue weighted by Crippen LogP contribution is 2.23. The maximum atomic E-state index is 13.2. The Morgan fingerprint density at radius 2 is 2.05 bits per heavy atom. The minimum atomic E-state index is -0.400. The third kappa shape index (κ3) is 2.78. The maximum Gasteiger partial charge on any atom is 0.255 e. The number of hydrogen-bond acceptors (Lipinski definition) is 2. The molecule has 0 fully saturated rings. The standard InChI is InChI=1S/C16H10BrFN2O/c17-13-8-10(4-5-14(13)18)16(21)20-15-3-1-2-11-9-19-7-6-12(11)15/h1-9H,(H,20,21). The van der Waals surface area contributed by atoms with E-state index >= 15 is 0 Å². The molecule has 0 saturated carbocycles. The van der Waals surface area contributed by atoms with Crippen LogP contribution in [-0.2, 0) is 0 Å². The first-order valence-corrected chi connectivity index (χ1v) is 7.03. The SMILES string of the molecule is O=C(Nc1cccc2cnccc12)c1ccc(F)c(Br)c1. The van der Waals surface area contributed by atoms with Gasteiger partial charge in [-0.15, -0.1) is 0 Å². The Labute approximate surface area is 128 Å². The molecule has 1 heterocycles. The summed E-state index contributed by atoms with van der Waals surface area (Å²) in [5, 5.41) is 4.68. The highest BCUT2D eigenvalue weighted by molar-refractivity contribution is 9.10. The van der Waals surface area contributed by atoms with Gasteiger partial charge in [-0.2, -0.15) is 0 Å². The Kier molecular flexibility index (Phi) is 3.66. The molecule has 0 unspecified atom stereocenters. The number of benzene rings is 2. The Bertz CT molecular complexity index is 830. The van der Waals surface area contributed by atoms with Gasteiger partial charge in [0.2, 0.25) is 0 Å². The lowest BCUT2D eigenvalue weighted by Crippen LogP contribution is -2.12. The molecule has 0 atom stereocenters. The van der Waals surface area contributed by atoms with Gasteiger partial charge in [-0.1, -0.05) is 12.1 Å². The van der Waals surface area contributed by atoms with Crippen LogP contribution in [0.1, 0.15) is 10.4 Å². The molecule has 1 aromatic heterocycles. The third-order valence-electron chi connectivity index (χ3n) is 3.11. The second-order valence-corrected chi connectivity index (χ2v) is 5.34. The highest BCUT2D eigenvalue weighted by atomic mass is 79.9. The summed E-state index contributed by atoms with van der Waals surface area (Å²) in [4.78, 5) is 16.3. The first-order chi connectivity index (χ1) is 10.1. The van der Waals surface area contributed by atoms with Crippen molar-refractivity contribution in [3.05, 3.63) is 70.7 Å². The monoisotopic (exact) mass is 344 g/mol. The van der Waals surface area contributed by atoms with Crippen LogP contribution >= 0.6 is 15.9 Å². The summed E-state index contributed by atoms with van der Waals surface area (Å²) in [7, 11) is 0. The predicted octanol–water partition coefficient (Wildman–Crippen LogP) is 4.39. The molecule has 0 aliphatic heterocycles. The number of aromatic nitrogens is 1. The van der Waals surface area contributed by atoms with Gasteiger partial charge in [-0.05, 0) is 46.3 Å². The predicted molar refractivity (Wildman–Crippen MR) is 83.8 cm³/mol. The molecule has 104 valence electrons. The summed E-state index contributed by atoms with van der Waals surface area (Å²) in [6.07, 6.45) is 3.41. The van der Waals surface area contributed by atoms with Crippen molar-refractivity contribution in [2.75, 3.05) is 5.32 Å². The molecule has 1 amide bonds. The Balaban J connectivity index is 1.94. The van der Waals surface area contributed by atoms with Crippen molar-refractivity contribution in [2.45, 2.75) is 0 Å². The summed E-state index contributed by atoms with van der Waals surface area (Å²) < 4.78 is 13.5. The van der Waals surface area contributed by atoms with Gasteiger partial charge < -0.3 is 5.32 Å². The Morgan fingerprint density at radius 3 is 2.86 bits per heavy atom. The first kappa shape index (κ1) is 13.7. The van der Waals surface area contributed by atoms with Crippen LogP contribution in [0.3, 0.4) is 0 Å². The van der Waals surface area contributed by atoms with E-state index in [9.17, 15) is 9.18 Å². The van der Waals surface area contributed by atoms with E-state index in [0.29, 0.717) is 11.3 Å². The van der Waals surface area contributed by atoms with Crippen LogP contribution in [0.4, 0.5) is 10.1 Å². The van der Waals surface area contributed by atoms with Crippen LogP contribution in [0.5, 0.6) is 0 Å². The molecule has 0 saturated heterocycles. The number of anilines is 1. The smallest absolute Gasteiger partial charge is 0.255 e. The minimum Gasteiger partial charge on any atom is -0.321 e. The largest absolute Gasteiger partial charge is 0.321 e. The molecule has 5 heteroatoms. The fourth-order valence-electron chi connectivity index (χ4n) is 2.06. The fourth-order valence-corrected chi connectivity index (χ4v) is 2.44. The molecule has 0 bridgehead atoms. The number of nitrogens with one attached hydrogen (secondary N) is 1.